The number of ether oxygens (including phenoxy) is 1. The minimum Gasteiger partial charge on any atom is -0.493 e. The number of hydrogen-bond donors (Lipinski definition) is 1. The van der Waals surface area contributed by atoms with E-state index in [0.717, 1.165) is 36.5 Å². The van der Waals surface area contributed by atoms with Crippen LogP contribution in [0.2, 0.25) is 0 Å². The Labute approximate surface area is 139 Å². The summed E-state index contributed by atoms with van der Waals surface area (Å²) < 4.78 is 5.82. The van der Waals surface area contributed by atoms with Crippen molar-refractivity contribution in [3.8, 4) is 5.75 Å². The van der Waals surface area contributed by atoms with Crippen LogP contribution in [0.25, 0.3) is 0 Å². The summed E-state index contributed by atoms with van der Waals surface area (Å²) >= 11 is 0. The third-order valence-electron chi connectivity index (χ3n) is 3.97. The number of pyridine rings is 1. The van der Waals surface area contributed by atoms with Gasteiger partial charge in [0.15, 0.2) is 0 Å². The Morgan fingerprint density at radius 3 is 2.65 bits per heavy atom. The first kappa shape index (κ1) is 17.1. The molecule has 1 heterocycles. The molecule has 1 unspecified atom stereocenters. The molecule has 2 rings (SSSR count). The molecule has 3 nitrogen and oxygen atoms in total. The van der Waals surface area contributed by atoms with Gasteiger partial charge in [-0.3, -0.25) is 0 Å². The summed E-state index contributed by atoms with van der Waals surface area (Å²) in [5.41, 5.74) is 2.36. The molecule has 1 aromatic carbocycles. The summed E-state index contributed by atoms with van der Waals surface area (Å²) in [6.45, 7) is 6.72. The zero-order valence-corrected chi connectivity index (χ0v) is 14.1. The topological polar surface area (TPSA) is 34.1 Å². The summed E-state index contributed by atoms with van der Waals surface area (Å²) in [6, 6.07) is 14.4. The van der Waals surface area contributed by atoms with Crippen molar-refractivity contribution in [2.45, 2.75) is 26.2 Å². The fourth-order valence-electron chi connectivity index (χ4n) is 2.45. The van der Waals surface area contributed by atoms with E-state index in [1.165, 1.54) is 5.56 Å². The lowest BCUT2D eigenvalue weighted by molar-refractivity contribution is 0.320. The van der Waals surface area contributed by atoms with Crippen molar-refractivity contribution in [1.82, 2.24) is 4.98 Å². The molecule has 2 aromatic rings. The van der Waals surface area contributed by atoms with Gasteiger partial charge in [-0.05, 0) is 48.6 Å². The zero-order chi connectivity index (χ0) is 16.5. The largest absolute Gasteiger partial charge is 0.493 e. The van der Waals surface area contributed by atoms with Crippen LogP contribution in [0.3, 0.4) is 0 Å². The van der Waals surface area contributed by atoms with Crippen LogP contribution in [0, 0.1) is 5.92 Å². The van der Waals surface area contributed by atoms with Crippen LogP contribution in [0.4, 0.5) is 5.82 Å². The monoisotopic (exact) mass is 310 g/mol. The van der Waals surface area contributed by atoms with E-state index in [1.54, 1.807) is 0 Å². The van der Waals surface area contributed by atoms with E-state index >= 15 is 0 Å². The molecule has 0 bridgehead atoms. The molecular weight excluding hydrogens is 284 g/mol. The highest BCUT2D eigenvalue weighted by atomic mass is 16.5. The second-order valence-corrected chi connectivity index (χ2v) is 5.61. The molecule has 0 spiro atoms. The Morgan fingerprint density at radius 2 is 2.00 bits per heavy atom. The fraction of sp³-hybridized carbons (Fsp3) is 0.350. The molecule has 3 heteroatoms. The van der Waals surface area contributed by atoms with E-state index in [0.29, 0.717) is 12.5 Å². The molecule has 0 aliphatic rings. The van der Waals surface area contributed by atoms with Crippen LogP contribution >= 0.6 is 0 Å². The minimum atomic E-state index is 0.548. The molecule has 1 aromatic heterocycles. The molecule has 0 saturated carbocycles. The van der Waals surface area contributed by atoms with Crippen LogP contribution in [-0.2, 0) is 12.8 Å². The van der Waals surface area contributed by atoms with Crippen molar-refractivity contribution in [3.63, 3.8) is 0 Å². The highest BCUT2D eigenvalue weighted by Crippen LogP contribution is 2.17. The lowest BCUT2D eigenvalue weighted by Crippen LogP contribution is -2.04. The van der Waals surface area contributed by atoms with Crippen molar-refractivity contribution in [2.24, 2.45) is 5.92 Å². The summed E-state index contributed by atoms with van der Waals surface area (Å²) in [4.78, 5) is 4.49. The van der Waals surface area contributed by atoms with E-state index < -0.39 is 0 Å². The van der Waals surface area contributed by atoms with Gasteiger partial charge in [-0.1, -0.05) is 31.2 Å². The van der Waals surface area contributed by atoms with Gasteiger partial charge in [0, 0.05) is 19.2 Å². The molecule has 0 radical (unpaired) electrons. The van der Waals surface area contributed by atoms with E-state index in [2.05, 4.69) is 35.9 Å². The van der Waals surface area contributed by atoms with Crippen molar-refractivity contribution < 1.29 is 4.74 Å². The number of nitrogens with one attached hydrogen (secondary N) is 1. The van der Waals surface area contributed by atoms with Crippen molar-refractivity contribution >= 4 is 5.82 Å². The van der Waals surface area contributed by atoms with Gasteiger partial charge in [-0.15, -0.1) is 6.58 Å². The number of nitrogens with zero attached hydrogens (tertiary/aromatic N) is 1. The Morgan fingerprint density at radius 1 is 1.22 bits per heavy atom. The van der Waals surface area contributed by atoms with Gasteiger partial charge >= 0.3 is 0 Å². The van der Waals surface area contributed by atoms with E-state index in [1.807, 2.05) is 43.5 Å². The van der Waals surface area contributed by atoms with Crippen LogP contribution in [0.1, 0.15) is 24.6 Å². The quantitative estimate of drug-likeness (QED) is 0.692. The normalized spacial score (nSPS) is 11.7. The maximum Gasteiger partial charge on any atom is 0.125 e. The standard InChI is InChI=1S/C20H26N2O/c1-4-16(5-2)15-17-9-11-19(12-10-17)23-14-13-18-7-6-8-20(21-3)22-18/h4,6-12,16H,1,5,13-15H2,2-3H3,(H,21,22). The molecule has 0 aliphatic heterocycles. The number of benzene rings is 1. The summed E-state index contributed by atoms with van der Waals surface area (Å²) in [5.74, 6) is 2.34. The lowest BCUT2D eigenvalue weighted by atomic mass is 9.97. The molecular formula is C20H26N2O. The number of hydrogen-bond acceptors (Lipinski definition) is 3. The van der Waals surface area contributed by atoms with Gasteiger partial charge in [0.1, 0.15) is 11.6 Å². The van der Waals surface area contributed by atoms with Crippen LogP contribution in [0.15, 0.2) is 55.1 Å². The highest BCUT2D eigenvalue weighted by molar-refractivity contribution is 5.34. The number of allylic oxidation sites excluding steroid dienone is 1. The molecule has 0 amide bonds. The Balaban J connectivity index is 1.82. The maximum atomic E-state index is 5.82. The number of aromatic nitrogens is 1. The first-order chi connectivity index (χ1) is 11.2. The second kappa shape index (κ2) is 8.99. The summed E-state index contributed by atoms with van der Waals surface area (Å²) in [5, 5.41) is 3.05. The summed E-state index contributed by atoms with van der Waals surface area (Å²) in [6.07, 6.45) is 5.00. The third-order valence-corrected chi connectivity index (χ3v) is 3.97. The van der Waals surface area contributed by atoms with E-state index in [9.17, 15) is 0 Å². The van der Waals surface area contributed by atoms with Gasteiger partial charge in [0.2, 0.25) is 0 Å². The van der Waals surface area contributed by atoms with Crippen LogP contribution in [0.5, 0.6) is 5.75 Å². The third kappa shape index (κ3) is 5.44. The predicted molar refractivity (Wildman–Crippen MR) is 97.1 cm³/mol. The van der Waals surface area contributed by atoms with Crippen LogP contribution < -0.4 is 10.1 Å². The Hall–Kier alpha value is -2.29. The van der Waals surface area contributed by atoms with Gasteiger partial charge < -0.3 is 10.1 Å². The lowest BCUT2D eigenvalue weighted by Gasteiger charge is -2.11. The Bertz CT molecular complexity index is 607. The minimum absolute atomic E-state index is 0.548. The van der Waals surface area contributed by atoms with E-state index in [-0.39, 0.29) is 0 Å². The van der Waals surface area contributed by atoms with Gasteiger partial charge in [-0.2, -0.15) is 0 Å². The highest BCUT2D eigenvalue weighted by Gasteiger charge is 2.03. The average Bonchev–Trinajstić information content (AvgIpc) is 2.61. The molecule has 0 fully saturated rings. The van der Waals surface area contributed by atoms with Crippen LogP contribution in [-0.4, -0.2) is 18.6 Å². The molecule has 1 N–H and O–H groups in total. The number of anilines is 1. The molecule has 23 heavy (non-hydrogen) atoms. The molecule has 1 atom stereocenters. The average molecular weight is 310 g/mol. The fourth-order valence-corrected chi connectivity index (χ4v) is 2.45. The first-order valence-electron chi connectivity index (χ1n) is 8.23. The van der Waals surface area contributed by atoms with Crippen molar-refractivity contribution in [1.29, 1.82) is 0 Å². The second-order valence-electron chi connectivity index (χ2n) is 5.61. The molecule has 122 valence electrons. The smallest absolute Gasteiger partial charge is 0.125 e. The van der Waals surface area contributed by atoms with E-state index in [4.69, 9.17) is 4.74 Å². The predicted octanol–water partition coefficient (Wildman–Crippen LogP) is 4.50. The van der Waals surface area contributed by atoms with Crippen molar-refractivity contribution in [3.05, 3.63) is 66.4 Å². The Kier molecular flexibility index (Phi) is 6.67. The molecule has 0 saturated heterocycles. The first-order valence-corrected chi connectivity index (χ1v) is 8.23. The SMILES string of the molecule is C=CC(CC)Cc1ccc(OCCc2cccc(NC)n2)cc1. The van der Waals surface area contributed by atoms with Gasteiger partial charge in [-0.25, -0.2) is 4.98 Å². The number of rotatable bonds is 9. The summed E-state index contributed by atoms with van der Waals surface area (Å²) in [7, 11) is 1.87. The van der Waals surface area contributed by atoms with Crippen molar-refractivity contribution in [2.75, 3.05) is 19.0 Å². The van der Waals surface area contributed by atoms with Gasteiger partial charge in [0.05, 0.1) is 6.61 Å². The zero-order valence-electron chi connectivity index (χ0n) is 14.1. The van der Waals surface area contributed by atoms with Gasteiger partial charge in [0.25, 0.3) is 0 Å². The maximum absolute atomic E-state index is 5.82. The molecule has 0 aliphatic carbocycles.